The van der Waals surface area contributed by atoms with E-state index in [0.29, 0.717) is 0 Å². The van der Waals surface area contributed by atoms with Gasteiger partial charge in [0.05, 0.1) is 6.61 Å². The van der Waals surface area contributed by atoms with E-state index in [1.807, 2.05) is 30.3 Å². The molecule has 0 saturated carbocycles. The maximum absolute atomic E-state index is 12.7. The summed E-state index contributed by atoms with van der Waals surface area (Å²) in [5, 5.41) is -1.03. The fraction of sp³-hybridized carbons (Fsp3) is 0.500. The van der Waals surface area contributed by atoms with Gasteiger partial charge in [-0.3, -0.25) is 10.2 Å². The van der Waals surface area contributed by atoms with E-state index in [-0.39, 0.29) is 19.7 Å². The van der Waals surface area contributed by atoms with Gasteiger partial charge >= 0.3 is 5.97 Å². The molecule has 2 atom stereocenters. The van der Waals surface area contributed by atoms with Crippen molar-refractivity contribution in [3.63, 3.8) is 0 Å². The summed E-state index contributed by atoms with van der Waals surface area (Å²) >= 11 is 0. The lowest BCUT2D eigenvalue weighted by Crippen LogP contribution is -2.47. The van der Waals surface area contributed by atoms with Crippen molar-refractivity contribution in [1.82, 2.24) is 15.2 Å². The molecule has 0 aromatic heterocycles. The molecule has 0 aliphatic carbocycles. The number of benzene rings is 1. The van der Waals surface area contributed by atoms with Crippen molar-refractivity contribution in [2.45, 2.75) is 18.8 Å². The van der Waals surface area contributed by atoms with Crippen LogP contribution in [0.2, 0.25) is 0 Å². The second kappa shape index (κ2) is 7.19. The number of hydrogen-bond acceptors (Lipinski definition) is 6. The first kappa shape index (κ1) is 16.9. The van der Waals surface area contributed by atoms with Crippen molar-refractivity contribution in [2.24, 2.45) is 5.92 Å². The summed E-state index contributed by atoms with van der Waals surface area (Å²) in [5.41, 5.74) is 6.28. The molecule has 1 aromatic rings. The summed E-state index contributed by atoms with van der Waals surface area (Å²) in [6.45, 7) is 2.39. The highest BCUT2D eigenvalue weighted by Crippen LogP contribution is 2.20. The van der Waals surface area contributed by atoms with Crippen LogP contribution in [0.4, 0.5) is 0 Å². The average molecular weight is 327 g/mol. The molecular weight excluding hydrogens is 306 g/mol. The van der Waals surface area contributed by atoms with Gasteiger partial charge in [0.25, 0.3) is 0 Å². The van der Waals surface area contributed by atoms with Gasteiger partial charge in [-0.1, -0.05) is 30.3 Å². The van der Waals surface area contributed by atoms with Crippen molar-refractivity contribution < 1.29 is 17.9 Å². The fourth-order valence-electron chi connectivity index (χ4n) is 2.34. The van der Waals surface area contributed by atoms with Gasteiger partial charge < -0.3 is 4.74 Å². The zero-order valence-electron chi connectivity index (χ0n) is 12.7. The summed E-state index contributed by atoms with van der Waals surface area (Å²) in [4.78, 5) is 11.9. The second-order valence-corrected chi connectivity index (χ2v) is 7.25. The van der Waals surface area contributed by atoms with Crippen molar-refractivity contribution in [3.05, 3.63) is 35.9 Å². The molecule has 7 nitrogen and oxygen atoms in total. The third kappa shape index (κ3) is 3.64. The lowest BCUT2D eigenvalue weighted by molar-refractivity contribution is -0.147. The number of rotatable bonds is 6. The first-order valence-electron chi connectivity index (χ1n) is 7.11. The van der Waals surface area contributed by atoms with Gasteiger partial charge in [-0.05, 0) is 12.5 Å². The van der Waals surface area contributed by atoms with Crippen LogP contribution in [-0.2, 0) is 26.1 Å². The lowest BCUT2D eigenvalue weighted by Gasteiger charge is -2.24. The van der Waals surface area contributed by atoms with Crippen LogP contribution in [0.1, 0.15) is 12.5 Å². The van der Waals surface area contributed by atoms with Crippen LogP contribution >= 0.6 is 0 Å². The minimum Gasteiger partial charge on any atom is -0.466 e. The molecule has 122 valence electrons. The summed E-state index contributed by atoms with van der Waals surface area (Å²) in [5.74, 6) is -1.27. The molecule has 1 aromatic carbocycles. The highest BCUT2D eigenvalue weighted by atomic mass is 32.2. The van der Waals surface area contributed by atoms with E-state index < -0.39 is 27.3 Å². The Morgan fingerprint density at radius 3 is 2.68 bits per heavy atom. The highest BCUT2D eigenvalue weighted by molar-refractivity contribution is 7.89. The summed E-state index contributed by atoms with van der Waals surface area (Å²) < 4.78 is 31.5. The van der Waals surface area contributed by atoms with E-state index in [2.05, 4.69) is 10.9 Å². The predicted molar refractivity (Wildman–Crippen MR) is 81.9 cm³/mol. The van der Waals surface area contributed by atoms with Crippen LogP contribution < -0.4 is 10.9 Å². The summed E-state index contributed by atoms with van der Waals surface area (Å²) in [7, 11) is -2.19. The average Bonchev–Trinajstić information content (AvgIpc) is 2.98. The number of nitrogens with zero attached hydrogens (tertiary/aromatic N) is 1. The molecule has 1 saturated heterocycles. The molecule has 0 spiro atoms. The zero-order valence-corrected chi connectivity index (χ0v) is 13.5. The number of sulfonamides is 1. The Bertz CT molecular complexity index is 606. The standard InChI is InChI=1S/C14H21N3O4S/c1-3-21-14(18)12-9-15-16-13(12)22(19,20)17(2)10-11-7-5-4-6-8-11/h4-8,12-13,15-16H,3,9-10H2,1-2H3. The van der Waals surface area contributed by atoms with E-state index in [4.69, 9.17) is 4.74 Å². The second-order valence-electron chi connectivity index (χ2n) is 5.09. The number of hydrazine groups is 1. The highest BCUT2D eigenvalue weighted by Gasteiger charge is 2.44. The molecule has 0 amide bonds. The Morgan fingerprint density at radius 1 is 1.36 bits per heavy atom. The summed E-state index contributed by atoms with van der Waals surface area (Å²) in [6.07, 6.45) is 0. The molecule has 2 N–H and O–H groups in total. The molecule has 1 aliphatic heterocycles. The topological polar surface area (TPSA) is 87.7 Å². The fourth-order valence-corrected chi connectivity index (χ4v) is 3.91. The minimum absolute atomic E-state index is 0.224. The molecular formula is C14H21N3O4S. The van der Waals surface area contributed by atoms with Crippen molar-refractivity contribution >= 4 is 16.0 Å². The minimum atomic E-state index is -3.69. The van der Waals surface area contributed by atoms with Crippen LogP contribution in [0.15, 0.2) is 30.3 Å². The van der Waals surface area contributed by atoms with Crippen LogP contribution in [-0.4, -0.2) is 44.3 Å². The Labute approximate surface area is 130 Å². The molecule has 1 aliphatic rings. The number of nitrogens with one attached hydrogen (secondary N) is 2. The van der Waals surface area contributed by atoms with E-state index in [9.17, 15) is 13.2 Å². The van der Waals surface area contributed by atoms with Crippen molar-refractivity contribution in [1.29, 1.82) is 0 Å². The van der Waals surface area contributed by atoms with E-state index in [1.54, 1.807) is 6.92 Å². The molecule has 0 radical (unpaired) electrons. The predicted octanol–water partition coefficient (Wildman–Crippen LogP) is 0.0614. The molecule has 0 bridgehead atoms. The van der Waals surface area contributed by atoms with Crippen LogP contribution in [0.3, 0.4) is 0 Å². The lowest BCUT2D eigenvalue weighted by atomic mass is 10.2. The van der Waals surface area contributed by atoms with Gasteiger partial charge in [-0.15, -0.1) is 0 Å². The number of carbonyl (C=O) groups excluding carboxylic acids is 1. The van der Waals surface area contributed by atoms with E-state index in [1.165, 1.54) is 11.4 Å². The van der Waals surface area contributed by atoms with Crippen molar-refractivity contribution in [2.75, 3.05) is 20.2 Å². The molecule has 2 rings (SSSR count). The Balaban J connectivity index is 2.12. The normalized spacial score (nSPS) is 22.0. The van der Waals surface area contributed by atoms with Crippen molar-refractivity contribution in [3.8, 4) is 0 Å². The molecule has 1 fully saturated rings. The number of carbonyl (C=O) groups is 1. The first-order valence-corrected chi connectivity index (χ1v) is 8.61. The molecule has 22 heavy (non-hydrogen) atoms. The first-order chi connectivity index (χ1) is 10.5. The maximum atomic E-state index is 12.7. The van der Waals surface area contributed by atoms with Gasteiger partial charge in [-0.25, -0.2) is 13.8 Å². The largest absolute Gasteiger partial charge is 0.466 e. The third-order valence-corrected chi connectivity index (χ3v) is 5.61. The van der Waals surface area contributed by atoms with Crippen LogP contribution in [0.5, 0.6) is 0 Å². The Kier molecular flexibility index (Phi) is 5.52. The molecule has 1 heterocycles. The maximum Gasteiger partial charge on any atom is 0.313 e. The third-order valence-electron chi connectivity index (χ3n) is 3.52. The number of hydrogen-bond donors (Lipinski definition) is 2. The van der Waals surface area contributed by atoms with E-state index >= 15 is 0 Å². The summed E-state index contributed by atoms with van der Waals surface area (Å²) in [6, 6.07) is 9.29. The van der Waals surface area contributed by atoms with Crippen LogP contribution in [0.25, 0.3) is 0 Å². The monoisotopic (exact) mass is 327 g/mol. The number of ether oxygens (including phenoxy) is 1. The molecule has 8 heteroatoms. The van der Waals surface area contributed by atoms with Gasteiger partial charge in [-0.2, -0.15) is 4.31 Å². The van der Waals surface area contributed by atoms with Crippen LogP contribution in [0, 0.1) is 5.92 Å². The van der Waals surface area contributed by atoms with Gasteiger partial charge in [0.15, 0.2) is 5.37 Å². The Morgan fingerprint density at radius 2 is 2.05 bits per heavy atom. The SMILES string of the molecule is CCOC(=O)C1CNNC1S(=O)(=O)N(C)Cc1ccccc1. The molecule has 2 unspecified atom stereocenters. The van der Waals surface area contributed by atoms with Gasteiger partial charge in [0, 0.05) is 20.1 Å². The Hall–Kier alpha value is -1.48. The van der Waals surface area contributed by atoms with E-state index in [0.717, 1.165) is 5.56 Å². The smallest absolute Gasteiger partial charge is 0.313 e. The van der Waals surface area contributed by atoms with Gasteiger partial charge in [0.1, 0.15) is 5.92 Å². The quantitative estimate of drug-likeness (QED) is 0.719. The van der Waals surface area contributed by atoms with Gasteiger partial charge in [0.2, 0.25) is 10.0 Å². The zero-order chi connectivity index (χ0) is 16.2. The number of esters is 1.